The third kappa shape index (κ3) is 3.59. The van der Waals surface area contributed by atoms with E-state index in [4.69, 9.17) is 0 Å². The van der Waals surface area contributed by atoms with E-state index in [0.717, 1.165) is 19.5 Å². The van der Waals surface area contributed by atoms with E-state index in [1.54, 1.807) is 0 Å². The van der Waals surface area contributed by atoms with Gasteiger partial charge in [-0.3, -0.25) is 0 Å². The number of hydrogen-bond acceptors (Lipinski definition) is 2. The highest BCUT2D eigenvalue weighted by atomic mass is 15.2. The van der Waals surface area contributed by atoms with Crippen molar-refractivity contribution in [3.05, 3.63) is 24.0 Å². The van der Waals surface area contributed by atoms with Crippen molar-refractivity contribution in [1.82, 2.24) is 14.8 Å². The molecule has 2 heterocycles. The van der Waals surface area contributed by atoms with Crippen molar-refractivity contribution in [3.8, 4) is 0 Å². The maximum Gasteiger partial charge on any atom is 0.0347 e. The van der Waals surface area contributed by atoms with E-state index in [-0.39, 0.29) is 0 Å². The Morgan fingerprint density at radius 2 is 2.00 bits per heavy atom. The molecule has 2 rings (SSSR count). The molecule has 1 aromatic heterocycles. The van der Waals surface area contributed by atoms with Gasteiger partial charge in [0.05, 0.1) is 0 Å². The van der Waals surface area contributed by atoms with E-state index in [1.807, 2.05) is 0 Å². The van der Waals surface area contributed by atoms with Crippen LogP contribution in [0.1, 0.15) is 44.7 Å². The Morgan fingerprint density at radius 1 is 1.22 bits per heavy atom. The Labute approximate surface area is 111 Å². The maximum atomic E-state index is 3.54. The first-order valence-corrected chi connectivity index (χ1v) is 7.45. The van der Waals surface area contributed by atoms with Gasteiger partial charge in [-0.15, -0.1) is 0 Å². The maximum absolute atomic E-state index is 3.54. The van der Waals surface area contributed by atoms with Crippen LogP contribution in [0.4, 0.5) is 0 Å². The van der Waals surface area contributed by atoms with E-state index in [2.05, 4.69) is 47.1 Å². The van der Waals surface area contributed by atoms with E-state index in [1.165, 1.54) is 38.0 Å². The molecule has 1 N–H and O–H groups in total. The predicted molar refractivity (Wildman–Crippen MR) is 76.8 cm³/mol. The highest BCUT2D eigenvalue weighted by Gasteiger charge is 2.12. The molecule has 1 aliphatic heterocycles. The first-order valence-electron chi connectivity index (χ1n) is 7.45. The van der Waals surface area contributed by atoms with Gasteiger partial charge in [-0.05, 0) is 50.5 Å². The summed E-state index contributed by atoms with van der Waals surface area (Å²) in [6, 6.07) is 2.78. The van der Waals surface area contributed by atoms with Gasteiger partial charge in [0.2, 0.25) is 0 Å². The lowest BCUT2D eigenvalue weighted by molar-refractivity contribution is 0.322. The summed E-state index contributed by atoms with van der Waals surface area (Å²) in [4.78, 5) is 2.57. The van der Waals surface area contributed by atoms with Gasteiger partial charge in [0.25, 0.3) is 0 Å². The molecular formula is C15H27N3. The number of nitrogens with one attached hydrogen (secondary N) is 1. The lowest BCUT2D eigenvalue weighted by atomic mass is 10.1. The fourth-order valence-corrected chi connectivity index (χ4v) is 2.81. The molecule has 0 radical (unpaired) electrons. The molecule has 0 spiro atoms. The van der Waals surface area contributed by atoms with Crippen molar-refractivity contribution in [2.75, 3.05) is 26.2 Å². The predicted octanol–water partition coefficient (Wildman–Crippen LogP) is 2.64. The number of hydrogen-bond donors (Lipinski definition) is 1. The minimum absolute atomic E-state index is 0.517. The van der Waals surface area contributed by atoms with Gasteiger partial charge in [0.15, 0.2) is 0 Å². The van der Waals surface area contributed by atoms with Gasteiger partial charge in [0, 0.05) is 31.5 Å². The Bertz CT molecular complexity index is 339. The zero-order valence-corrected chi connectivity index (χ0v) is 11.9. The molecule has 1 fully saturated rings. The largest absolute Gasteiger partial charge is 0.353 e. The monoisotopic (exact) mass is 249 g/mol. The molecule has 18 heavy (non-hydrogen) atoms. The molecule has 1 aromatic rings. The van der Waals surface area contributed by atoms with Crippen molar-refractivity contribution < 1.29 is 0 Å². The fraction of sp³-hybridized carbons (Fsp3) is 0.733. The standard InChI is InChI=1S/C15H27N3/c1-3-15(16-4-2)14-7-10-18(13-14)12-11-17-8-5-6-9-17/h7,10,13,15-16H,3-6,8-9,11-12H2,1-2H3. The van der Waals surface area contributed by atoms with Crippen LogP contribution in [-0.2, 0) is 6.54 Å². The van der Waals surface area contributed by atoms with E-state index >= 15 is 0 Å². The summed E-state index contributed by atoms with van der Waals surface area (Å²) in [6.07, 6.45) is 8.47. The number of rotatable bonds is 7. The van der Waals surface area contributed by atoms with Crippen LogP contribution in [0.3, 0.4) is 0 Å². The zero-order valence-electron chi connectivity index (χ0n) is 11.9. The molecule has 1 unspecified atom stereocenters. The van der Waals surface area contributed by atoms with Crippen LogP contribution < -0.4 is 5.32 Å². The molecule has 0 saturated carbocycles. The molecule has 0 amide bonds. The van der Waals surface area contributed by atoms with Gasteiger partial charge in [-0.1, -0.05) is 13.8 Å². The highest BCUT2D eigenvalue weighted by Crippen LogP contribution is 2.17. The summed E-state index contributed by atoms with van der Waals surface area (Å²) in [5.41, 5.74) is 1.43. The Hall–Kier alpha value is -0.800. The van der Waals surface area contributed by atoms with Crippen LogP contribution in [-0.4, -0.2) is 35.6 Å². The average molecular weight is 249 g/mol. The second-order valence-electron chi connectivity index (χ2n) is 5.25. The fourth-order valence-electron chi connectivity index (χ4n) is 2.81. The molecule has 102 valence electrons. The minimum Gasteiger partial charge on any atom is -0.353 e. The summed E-state index contributed by atoms with van der Waals surface area (Å²) < 4.78 is 2.34. The first-order chi connectivity index (χ1) is 8.83. The third-order valence-electron chi connectivity index (χ3n) is 3.91. The van der Waals surface area contributed by atoms with Gasteiger partial charge in [0.1, 0.15) is 0 Å². The summed E-state index contributed by atoms with van der Waals surface area (Å²) >= 11 is 0. The van der Waals surface area contributed by atoms with Gasteiger partial charge in [-0.25, -0.2) is 0 Å². The van der Waals surface area contributed by atoms with Crippen molar-refractivity contribution >= 4 is 0 Å². The van der Waals surface area contributed by atoms with Crippen LogP contribution in [0.5, 0.6) is 0 Å². The van der Waals surface area contributed by atoms with Crippen LogP contribution in [0.2, 0.25) is 0 Å². The molecule has 0 aromatic carbocycles. The molecule has 1 aliphatic rings. The van der Waals surface area contributed by atoms with Crippen molar-refractivity contribution in [3.63, 3.8) is 0 Å². The zero-order chi connectivity index (χ0) is 12.8. The second-order valence-corrected chi connectivity index (χ2v) is 5.25. The normalized spacial score (nSPS) is 18.3. The lowest BCUT2D eigenvalue weighted by Gasteiger charge is -2.15. The van der Waals surface area contributed by atoms with Gasteiger partial charge in [-0.2, -0.15) is 0 Å². The second kappa shape index (κ2) is 6.95. The molecule has 0 bridgehead atoms. The third-order valence-corrected chi connectivity index (χ3v) is 3.91. The van der Waals surface area contributed by atoms with Crippen LogP contribution in [0, 0.1) is 0 Å². The highest BCUT2D eigenvalue weighted by molar-refractivity contribution is 5.15. The molecule has 0 aliphatic carbocycles. The minimum atomic E-state index is 0.517. The van der Waals surface area contributed by atoms with Gasteiger partial charge < -0.3 is 14.8 Å². The molecule has 1 saturated heterocycles. The van der Waals surface area contributed by atoms with Crippen molar-refractivity contribution in [2.24, 2.45) is 0 Å². The quantitative estimate of drug-likeness (QED) is 0.801. The van der Waals surface area contributed by atoms with Crippen molar-refractivity contribution in [2.45, 2.75) is 45.7 Å². The lowest BCUT2D eigenvalue weighted by Crippen LogP contribution is -2.23. The van der Waals surface area contributed by atoms with E-state index in [0.29, 0.717) is 6.04 Å². The Balaban J connectivity index is 1.84. The molecule has 3 nitrogen and oxygen atoms in total. The number of aromatic nitrogens is 1. The number of nitrogens with zero attached hydrogens (tertiary/aromatic N) is 2. The SMILES string of the molecule is CCNC(CC)c1ccn(CCN2CCCC2)c1. The Kier molecular flexibility index (Phi) is 5.26. The van der Waals surface area contributed by atoms with Crippen LogP contribution >= 0.6 is 0 Å². The summed E-state index contributed by atoms with van der Waals surface area (Å²) in [5.74, 6) is 0. The van der Waals surface area contributed by atoms with Crippen LogP contribution in [0.25, 0.3) is 0 Å². The molecule has 3 heteroatoms. The molecular weight excluding hydrogens is 222 g/mol. The summed E-state index contributed by atoms with van der Waals surface area (Å²) in [5, 5.41) is 3.54. The van der Waals surface area contributed by atoms with E-state index < -0.39 is 0 Å². The Morgan fingerprint density at radius 3 is 2.67 bits per heavy atom. The van der Waals surface area contributed by atoms with E-state index in [9.17, 15) is 0 Å². The van der Waals surface area contributed by atoms with Gasteiger partial charge >= 0.3 is 0 Å². The summed E-state index contributed by atoms with van der Waals surface area (Å²) in [6.45, 7) is 10.4. The average Bonchev–Trinajstić information content (AvgIpc) is 3.04. The smallest absolute Gasteiger partial charge is 0.0347 e. The number of likely N-dealkylation sites (tertiary alicyclic amines) is 1. The first kappa shape index (κ1) is 13.6. The molecule has 1 atom stereocenters. The van der Waals surface area contributed by atoms with Crippen LogP contribution in [0.15, 0.2) is 18.5 Å². The topological polar surface area (TPSA) is 20.2 Å². The summed E-state index contributed by atoms with van der Waals surface area (Å²) in [7, 11) is 0. The van der Waals surface area contributed by atoms with Crippen molar-refractivity contribution in [1.29, 1.82) is 0 Å².